The van der Waals surface area contributed by atoms with Crippen LogP contribution in [-0.2, 0) is 4.79 Å². The van der Waals surface area contributed by atoms with Gasteiger partial charge < -0.3 is 10.4 Å². The van der Waals surface area contributed by atoms with Crippen LogP contribution in [0.25, 0.3) is 0 Å². The van der Waals surface area contributed by atoms with E-state index in [0.717, 1.165) is 19.0 Å². The number of hydrogen-bond donors (Lipinski definition) is 2. The first-order chi connectivity index (χ1) is 8.22. The van der Waals surface area contributed by atoms with Crippen LogP contribution in [0.5, 0.6) is 0 Å². The SMILES string of the molecule is CCC1CCCC(N2CCNCC2C(=O)O)C1. The monoisotopic (exact) mass is 240 g/mol. The Morgan fingerprint density at radius 1 is 1.47 bits per heavy atom. The lowest BCUT2D eigenvalue weighted by atomic mass is 9.83. The zero-order valence-electron chi connectivity index (χ0n) is 10.7. The van der Waals surface area contributed by atoms with Crippen LogP contribution in [0.3, 0.4) is 0 Å². The molecule has 98 valence electrons. The molecule has 0 aromatic heterocycles. The van der Waals surface area contributed by atoms with E-state index in [2.05, 4.69) is 17.1 Å². The van der Waals surface area contributed by atoms with E-state index < -0.39 is 5.97 Å². The van der Waals surface area contributed by atoms with Gasteiger partial charge in [-0.1, -0.05) is 26.2 Å². The van der Waals surface area contributed by atoms with Gasteiger partial charge in [0.15, 0.2) is 0 Å². The first-order valence-corrected chi connectivity index (χ1v) is 6.91. The molecule has 4 heteroatoms. The van der Waals surface area contributed by atoms with E-state index in [1.54, 1.807) is 0 Å². The van der Waals surface area contributed by atoms with Gasteiger partial charge in [-0.05, 0) is 18.8 Å². The van der Waals surface area contributed by atoms with E-state index in [1.165, 1.54) is 32.1 Å². The normalized spacial score (nSPS) is 35.7. The van der Waals surface area contributed by atoms with Crippen LogP contribution in [0.4, 0.5) is 0 Å². The summed E-state index contributed by atoms with van der Waals surface area (Å²) in [7, 11) is 0. The van der Waals surface area contributed by atoms with Crippen molar-refractivity contribution in [2.75, 3.05) is 19.6 Å². The summed E-state index contributed by atoms with van der Waals surface area (Å²) in [5, 5.41) is 12.5. The Balaban J connectivity index is 2.00. The number of hydrogen-bond acceptors (Lipinski definition) is 3. The second-order valence-corrected chi connectivity index (χ2v) is 5.39. The van der Waals surface area contributed by atoms with Crippen molar-refractivity contribution in [3.8, 4) is 0 Å². The first kappa shape index (κ1) is 12.8. The summed E-state index contributed by atoms with van der Waals surface area (Å²) in [4.78, 5) is 13.5. The average Bonchev–Trinajstić information content (AvgIpc) is 2.39. The van der Waals surface area contributed by atoms with Crippen molar-refractivity contribution < 1.29 is 9.90 Å². The molecule has 0 spiro atoms. The number of rotatable bonds is 3. The minimum atomic E-state index is -0.671. The number of nitrogens with one attached hydrogen (secondary N) is 1. The molecule has 1 aliphatic heterocycles. The molecule has 4 nitrogen and oxygen atoms in total. The van der Waals surface area contributed by atoms with Crippen molar-refractivity contribution in [2.45, 2.75) is 51.1 Å². The minimum Gasteiger partial charge on any atom is -0.480 e. The molecule has 1 saturated heterocycles. The molecule has 2 aliphatic rings. The average molecular weight is 240 g/mol. The second kappa shape index (κ2) is 5.83. The number of piperazine rings is 1. The molecule has 1 aliphatic carbocycles. The molecule has 0 radical (unpaired) electrons. The second-order valence-electron chi connectivity index (χ2n) is 5.39. The Kier molecular flexibility index (Phi) is 4.40. The van der Waals surface area contributed by atoms with Crippen LogP contribution < -0.4 is 5.32 Å². The van der Waals surface area contributed by atoms with Crippen LogP contribution in [0, 0.1) is 5.92 Å². The Bertz CT molecular complexity index is 270. The molecule has 2 N–H and O–H groups in total. The van der Waals surface area contributed by atoms with Gasteiger partial charge in [0.2, 0.25) is 0 Å². The van der Waals surface area contributed by atoms with Crippen LogP contribution in [0.1, 0.15) is 39.0 Å². The topological polar surface area (TPSA) is 52.6 Å². The van der Waals surface area contributed by atoms with Crippen molar-refractivity contribution in [2.24, 2.45) is 5.92 Å². The molecular formula is C13H24N2O2. The minimum absolute atomic E-state index is 0.315. The van der Waals surface area contributed by atoms with E-state index in [1.807, 2.05) is 0 Å². The molecule has 2 fully saturated rings. The molecule has 0 bridgehead atoms. The Morgan fingerprint density at radius 2 is 2.29 bits per heavy atom. The molecular weight excluding hydrogens is 216 g/mol. The quantitative estimate of drug-likeness (QED) is 0.781. The maximum absolute atomic E-state index is 11.3. The Morgan fingerprint density at radius 3 is 3.00 bits per heavy atom. The summed E-state index contributed by atoms with van der Waals surface area (Å²) in [6.07, 6.45) is 6.21. The predicted octanol–water partition coefficient (Wildman–Crippen LogP) is 1.31. The summed E-state index contributed by atoms with van der Waals surface area (Å²) in [6, 6.07) is 0.182. The number of carboxylic acid groups (broad SMARTS) is 1. The van der Waals surface area contributed by atoms with Crippen molar-refractivity contribution in [1.29, 1.82) is 0 Å². The smallest absolute Gasteiger partial charge is 0.322 e. The van der Waals surface area contributed by atoms with Gasteiger partial charge >= 0.3 is 5.97 Å². The Hall–Kier alpha value is -0.610. The lowest BCUT2D eigenvalue weighted by Gasteiger charge is -2.42. The zero-order valence-corrected chi connectivity index (χ0v) is 10.7. The highest BCUT2D eigenvalue weighted by molar-refractivity contribution is 5.74. The van der Waals surface area contributed by atoms with E-state index in [9.17, 15) is 9.90 Å². The number of aliphatic carboxylic acids is 1. The molecule has 1 saturated carbocycles. The molecule has 0 aromatic rings. The van der Waals surface area contributed by atoms with Gasteiger partial charge in [0.1, 0.15) is 6.04 Å². The van der Waals surface area contributed by atoms with Crippen molar-refractivity contribution in [3.63, 3.8) is 0 Å². The van der Waals surface area contributed by atoms with Gasteiger partial charge in [-0.2, -0.15) is 0 Å². The summed E-state index contributed by atoms with van der Waals surface area (Å²) in [5.74, 6) is 0.133. The predicted molar refractivity (Wildman–Crippen MR) is 67.0 cm³/mol. The van der Waals surface area contributed by atoms with Gasteiger partial charge in [-0.15, -0.1) is 0 Å². The largest absolute Gasteiger partial charge is 0.480 e. The van der Waals surface area contributed by atoms with Gasteiger partial charge in [-0.3, -0.25) is 9.69 Å². The van der Waals surface area contributed by atoms with Crippen molar-refractivity contribution in [1.82, 2.24) is 10.2 Å². The molecule has 3 unspecified atom stereocenters. The molecule has 3 atom stereocenters. The third-order valence-electron chi connectivity index (χ3n) is 4.37. The van der Waals surface area contributed by atoms with Crippen LogP contribution >= 0.6 is 0 Å². The van der Waals surface area contributed by atoms with E-state index in [0.29, 0.717) is 12.6 Å². The summed E-state index contributed by atoms with van der Waals surface area (Å²) >= 11 is 0. The number of carbonyl (C=O) groups is 1. The van der Waals surface area contributed by atoms with Crippen LogP contribution in [-0.4, -0.2) is 47.7 Å². The fourth-order valence-corrected chi connectivity index (χ4v) is 3.32. The fraction of sp³-hybridized carbons (Fsp3) is 0.923. The van der Waals surface area contributed by atoms with Crippen molar-refractivity contribution >= 4 is 5.97 Å². The van der Waals surface area contributed by atoms with Gasteiger partial charge in [0, 0.05) is 25.7 Å². The highest BCUT2D eigenvalue weighted by Gasteiger charge is 2.35. The van der Waals surface area contributed by atoms with E-state index in [4.69, 9.17) is 0 Å². The van der Waals surface area contributed by atoms with E-state index in [-0.39, 0.29) is 6.04 Å². The lowest BCUT2D eigenvalue weighted by Crippen LogP contribution is -2.59. The lowest BCUT2D eigenvalue weighted by molar-refractivity contribution is -0.145. The zero-order chi connectivity index (χ0) is 12.3. The Labute approximate surface area is 103 Å². The highest BCUT2D eigenvalue weighted by Crippen LogP contribution is 2.30. The standard InChI is InChI=1S/C13H24N2O2/c1-2-10-4-3-5-11(8-10)15-7-6-14-9-12(15)13(16)17/h10-12,14H,2-9H2,1H3,(H,16,17). The summed E-state index contributed by atoms with van der Waals surface area (Å²) < 4.78 is 0. The van der Waals surface area contributed by atoms with Gasteiger partial charge in [0.05, 0.1) is 0 Å². The maximum atomic E-state index is 11.3. The molecule has 2 rings (SSSR count). The van der Waals surface area contributed by atoms with Crippen LogP contribution in [0.15, 0.2) is 0 Å². The fourth-order valence-electron chi connectivity index (χ4n) is 3.32. The molecule has 1 heterocycles. The molecule has 0 amide bonds. The molecule has 17 heavy (non-hydrogen) atoms. The number of carboxylic acids is 1. The summed E-state index contributed by atoms with van der Waals surface area (Å²) in [5.41, 5.74) is 0. The third-order valence-corrected chi connectivity index (χ3v) is 4.37. The highest BCUT2D eigenvalue weighted by atomic mass is 16.4. The van der Waals surface area contributed by atoms with Crippen molar-refractivity contribution in [3.05, 3.63) is 0 Å². The first-order valence-electron chi connectivity index (χ1n) is 6.91. The van der Waals surface area contributed by atoms with Gasteiger partial charge in [-0.25, -0.2) is 0 Å². The number of nitrogens with zero attached hydrogens (tertiary/aromatic N) is 1. The van der Waals surface area contributed by atoms with Gasteiger partial charge in [0.25, 0.3) is 0 Å². The van der Waals surface area contributed by atoms with E-state index >= 15 is 0 Å². The summed E-state index contributed by atoms with van der Waals surface area (Å²) in [6.45, 7) is 4.66. The third kappa shape index (κ3) is 2.99. The maximum Gasteiger partial charge on any atom is 0.322 e. The molecule has 0 aromatic carbocycles. The van der Waals surface area contributed by atoms with Crippen LogP contribution in [0.2, 0.25) is 0 Å².